The lowest BCUT2D eigenvalue weighted by molar-refractivity contribution is -0.292. The van der Waals surface area contributed by atoms with Crippen molar-refractivity contribution >= 4 is 0 Å². The van der Waals surface area contributed by atoms with E-state index in [-0.39, 0.29) is 25.8 Å². The third kappa shape index (κ3) is 5.63. The lowest BCUT2D eigenvalue weighted by Crippen LogP contribution is -2.51. The molecule has 1 atom stereocenters. The quantitative estimate of drug-likeness (QED) is 0.444. The summed E-state index contributed by atoms with van der Waals surface area (Å²) in [6.45, 7) is 1.49. The van der Waals surface area contributed by atoms with Crippen LogP contribution in [0.4, 0.5) is 26.3 Å². The summed E-state index contributed by atoms with van der Waals surface area (Å²) in [7, 11) is 0. The van der Waals surface area contributed by atoms with E-state index in [9.17, 15) is 26.3 Å². The molecule has 0 aromatic heterocycles. The zero-order valence-electron chi connectivity index (χ0n) is 9.83. The molecule has 0 saturated heterocycles. The van der Waals surface area contributed by atoms with E-state index in [2.05, 4.69) is 11.2 Å². The average Bonchev–Trinajstić information content (AvgIpc) is 2.13. The highest BCUT2D eigenvalue weighted by atomic mass is 19.4. The number of rotatable bonds is 6. The Morgan fingerprint density at radius 2 is 1.61 bits per heavy atom. The molecule has 0 amide bonds. The van der Waals surface area contributed by atoms with Gasteiger partial charge in [-0.1, -0.05) is 6.92 Å². The highest BCUT2D eigenvalue weighted by Gasteiger charge is 2.59. The summed E-state index contributed by atoms with van der Waals surface area (Å²) in [5, 5.41) is 2.25. The number of halogens is 6. The molecule has 0 aliphatic rings. The van der Waals surface area contributed by atoms with Crippen LogP contribution in [0, 0.1) is 18.3 Å². The summed E-state index contributed by atoms with van der Waals surface area (Å²) < 4.78 is 75.0. The summed E-state index contributed by atoms with van der Waals surface area (Å²) in [5.41, 5.74) is 0. The van der Waals surface area contributed by atoms with Crippen LogP contribution in [0.5, 0.6) is 0 Å². The van der Waals surface area contributed by atoms with E-state index in [4.69, 9.17) is 6.42 Å². The molecule has 0 aromatic rings. The minimum atomic E-state index is -5.32. The molecule has 0 bridgehead atoms. The van der Waals surface area contributed by atoms with Crippen molar-refractivity contribution in [3.8, 4) is 12.3 Å². The second kappa shape index (κ2) is 6.88. The number of alkyl halides is 6. The Kier molecular flexibility index (Phi) is 6.54. The van der Waals surface area contributed by atoms with E-state index in [1.165, 1.54) is 6.92 Å². The van der Waals surface area contributed by atoms with Gasteiger partial charge >= 0.3 is 12.4 Å². The maximum atomic E-state index is 12.5. The van der Waals surface area contributed by atoms with Crippen LogP contribution < -0.4 is 5.32 Å². The van der Waals surface area contributed by atoms with Crippen molar-refractivity contribution in [2.45, 2.75) is 44.6 Å². The Balaban J connectivity index is 4.94. The normalized spacial score (nSPS) is 14.6. The van der Waals surface area contributed by atoms with E-state index in [1.807, 2.05) is 0 Å². The van der Waals surface area contributed by atoms with Gasteiger partial charge in [0.1, 0.15) is 0 Å². The van der Waals surface area contributed by atoms with Gasteiger partial charge in [-0.25, -0.2) is 0 Å². The first-order valence-electron chi connectivity index (χ1n) is 5.44. The van der Waals surface area contributed by atoms with Crippen molar-refractivity contribution in [3.05, 3.63) is 0 Å². The highest BCUT2D eigenvalue weighted by molar-refractivity contribution is 4.89. The van der Waals surface area contributed by atoms with Crippen molar-refractivity contribution in [1.29, 1.82) is 0 Å². The molecule has 1 unspecified atom stereocenters. The lowest BCUT2D eigenvalue weighted by Gasteiger charge is -2.31. The molecule has 0 saturated carbocycles. The van der Waals surface area contributed by atoms with Crippen LogP contribution in [0.3, 0.4) is 0 Å². The summed E-state index contributed by atoms with van der Waals surface area (Å²) >= 11 is 0. The molecule has 0 heterocycles. The molecular formula is C11H15F6N. The molecule has 0 aliphatic carbocycles. The van der Waals surface area contributed by atoms with Gasteiger partial charge in [0, 0.05) is 12.5 Å². The summed E-state index contributed by atoms with van der Waals surface area (Å²) in [4.78, 5) is 0. The number of terminal acetylenes is 1. The molecule has 106 valence electrons. The van der Waals surface area contributed by atoms with Crippen molar-refractivity contribution in [3.63, 3.8) is 0 Å². The van der Waals surface area contributed by atoms with Crippen LogP contribution in [-0.4, -0.2) is 24.9 Å². The predicted octanol–water partition coefficient (Wildman–Crippen LogP) is 3.51. The third-order valence-electron chi connectivity index (χ3n) is 2.41. The SMILES string of the molecule is C#CCCCC(NCC)C(C(F)(F)F)C(F)(F)F. The second-order valence-electron chi connectivity index (χ2n) is 3.82. The fourth-order valence-corrected chi connectivity index (χ4v) is 1.71. The van der Waals surface area contributed by atoms with E-state index in [0.29, 0.717) is 0 Å². The summed E-state index contributed by atoms with van der Waals surface area (Å²) in [6, 6.07) is -1.69. The average molecular weight is 275 g/mol. The van der Waals surface area contributed by atoms with Crippen molar-refractivity contribution in [1.82, 2.24) is 5.32 Å². The number of nitrogens with one attached hydrogen (secondary N) is 1. The largest absolute Gasteiger partial charge is 0.401 e. The number of hydrogen-bond donors (Lipinski definition) is 1. The maximum absolute atomic E-state index is 12.5. The molecule has 0 spiro atoms. The topological polar surface area (TPSA) is 12.0 Å². The minimum Gasteiger partial charge on any atom is -0.313 e. The minimum absolute atomic E-state index is 0.0311. The van der Waals surface area contributed by atoms with Crippen molar-refractivity contribution < 1.29 is 26.3 Å². The monoisotopic (exact) mass is 275 g/mol. The highest BCUT2D eigenvalue weighted by Crippen LogP contribution is 2.42. The molecule has 0 rings (SSSR count). The van der Waals surface area contributed by atoms with Crippen LogP contribution in [0.2, 0.25) is 0 Å². The zero-order chi connectivity index (χ0) is 14.4. The van der Waals surface area contributed by atoms with Gasteiger partial charge in [-0.2, -0.15) is 26.3 Å². The second-order valence-corrected chi connectivity index (χ2v) is 3.82. The van der Waals surface area contributed by atoms with Crippen LogP contribution in [0.25, 0.3) is 0 Å². The molecule has 0 aromatic carbocycles. The van der Waals surface area contributed by atoms with E-state index in [1.54, 1.807) is 0 Å². The molecule has 1 N–H and O–H groups in total. The first-order valence-corrected chi connectivity index (χ1v) is 5.44. The Hall–Kier alpha value is -0.900. The number of unbranched alkanes of at least 4 members (excludes halogenated alkanes) is 1. The predicted molar refractivity (Wildman–Crippen MR) is 55.7 cm³/mol. The Morgan fingerprint density at radius 3 is 1.94 bits per heavy atom. The standard InChI is InChI=1S/C11H15F6N/c1-3-5-6-7-8(18-4-2)9(10(12,13)14)11(15,16)17/h1,8-9,18H,4-7H2,2H3. The van der Waals surface area contributed by atoms with Gasteiger partial charge in [0.15, 0.2) is 5.92 Å². The number of hydrogen-bond acceptors (Lipinski definition) is 1. The molecule has 0 aliphatic heterocycles. The van der Waals surface area contributed by atoms with Gasteiger partial charge in [-0.15, -0.1) is 12.3 Å². The maximum Gasteiger partial charge on any atom is 0.401 e. The summed E-state index contributed by atoms with van der Waals surface area (Å²) in [6.07, 6.45) is -5.70. The first kappa shape index (κ1) is 17.1. The molecular weight excluding hydrogens is 260 g/mol. The lowest BCUT2D eigenvalue weighted by atomic mass is 9.93. The van der Waals surface area contributed by atoms with Crippen LogP contribution >= 0.6 is 0 Å². The van der Waals surface area contributed by atoms with Gasteiger partial charge in [-0.3, -0.25) is 0 Å². The fourth-order valence-electron chi connectivity index (χ4n) is 1.71. The molecule has 0 fully saturated rings. The fraction of sp³-hybridized carbons (Fsp3) is 0.818. The van der Waals surface area contributed by atoms with Gasteiger partial charge in [0.05, 0.1) is 0 Å². The smallest absolute Gasteiger partial charge is 0.313 e. The van der Waals surface area contributed by atoms with E-state index >= 15 is 0 Å². The van der Waals surface area contributed by atoms with Crippen LogP contribution in [0.1, 0.15) is 26.2 Å². The Labute approximate surface area is 102 Å². The van der Waals surface area contributed by atoms with Crippen molar-refractivity contribution in [2.75, 3.05) is 6.54 Å². The first-order chi connectivity index (χ1) is 8.14. The van der Waals surface area contributed by atoms with Crippen LogP contribution in [-0.2, 0) is 0 Å². The summed E-state index contributed by atoms with van der Waals surface area (Å²) in [5.74, 6) is -1.17. The van der Waals surface area contributed by atoms with Crippen molar-refractivity contribution in [2.24, 2.45) is 5.92 Å². The van der Waals surface area contributed by atoms with Gasteiger partial charge < -0.3 is 5.32 Å². The Morgan fingerprint density at radius 1 is 1.11 bits per heavy atom. The van der Waals surface area contributed by atoms with E-state index in [0.717, 1.165) is 0 Å². The Bertz CT molecular complexity index is 261. The van der Waals surface area contributed by atoms with Crippen LogP contribution in [0.15, 0.2) is 0 Å². The molecule has 18 heavy (non-hydrogen) atoms. The zero-order valence-corrected chi connectivity index (χ0v) is 9.83. The molecule has 0 radical (unpaired) electrons. The van der Waals surface area contributed by atoms with Gasteiger partial charge in [-0.05, 0) is 19.4 Å². The van der Waals surface area contributed by atoms with E-state index < -0.39 is 24.3 Å². The third-order valence-corrected chi connectivity index (χ3v) is 2.41. The molecule has 7 heteroatoms. The molecule has 1 nitrogen and oxygen atoms in total. The van der Waals surface area contributed by atoms with Gasteiger partial charge in [0.2, 0.25) is 0 Å². The van der Waals surface area contributed by atoms with Gasteiger partial charge in [0.25, 0.3) is 0 Å².